The number of likely N-dealkylation sites (tertiary alicyclic amines) is 1. The number of hydrogen-bond acceptors (Lipinski definition) is 3. The van der Waals surface area contributed by atoms with Crippen molar-refractivity contribution in [3.8, 4) is 0 Å². The van der Waals surface area contributed by atoms with Gasteiger partial charge in [0.15, 0.2) is 0 Å². The molecule has 0 aliphatic carbocycles. The molecule has 1 saturated heterocycles. The average Bonchev–Trinajstić information content (AvgIpc) is 2.09. The van der Waals surface area contributed by atoms with Crippen molar-refractivity contribution < 1.29 is 0 Å². The van der Waals surface area contributed by atoms with Crippen molar-refractivity contribution in [2.45, 2.75) is 13.8 Å². The minimum Gasteiger partial charge on any atom is -0.330 e. The quantitative estimate of drug-likeness (QED) is 0.642. The van der Waals surface area contributed by atoms with Crippen LogP contribution in [-0.2, 0) is 0 Å². The molecule has 3 heteroatoms. The number of likely N-dealkylation sites (N-methyl/N-ethyl adjacent to an activating group) is 1. The zero-order chi connectivity index (χ0) is 9.68. The fourth-order valence-electron chi connectivity index (χ4n) is 1.83. The van der Waals surface area contributed by atoms with E-state index >= 15 is 0 Å². The zero-order valence-corrected chi connectivity index (χ0v) is 9.00. The summed E-state index contributed by atoms with van der Waals surface area (Å²) in [5.41, 5.74) is 5.57. The molecular formula is C10H23N3. The highest BCUT2D eigenvalue weighted by atomic mass is 15.2. The van der Waals surface area contributed by atoms with E-state index in [0.717, 1.165) is 12.5 Å². The van der Waals surface area contributed by atoms with Crippen molar-refractivity contribution in [1.82, 2.24) is 9.80 Å². The molecule has 1 heterocycles. The summed E-state index contributed by atoms with van der Waals surface area (Å²) in [5.74, 6) is 0.775. The van der Waals surface area contributed by atoms with E-state index in [4.69, 9.17) is 5.73 Å². The summed E-state index contributed by atoms with van der Waals surface area (Å²) in [4.78, 5) is 4.96. The van der Waals surface area contributed by atoms with E-state index in [2.05, 4.69) is 23.6 Å². The highest BCUT2D eigenvalue weighted by molar-refractivity contribution is 4.80. The van der Waals surface area contributed by atoms with Gasteiger partial charge in [0.05, 0.1) is 0 Å². The fourth-order valence-corrected chi connectivity index (χ4v) is 1.83. The van der Waals surface area contributed by atoms with E-state index in [9.17, 15) is 0 Å². The van der Waals surface area contributed by atoms with Gasteiger partial charge < -0.3 is 15.5 Å². The Kier molecular flexibility index (Phi) is 4.70. The van der Waals surface area contributed by atoms with E-state index in [1.54, 1.807) is 0 Å². The molecule has 0 unspecified atom stereocenters. The van der Waals surface area contributed by atoms with Crippen molar-refractivity contribution in [3.63, 3.8) is 0 Å². The van der Waals surface area contributed by atoms with Gasteiger partial charge in [-0.1, -0.05) is 13.8 Å². The third kappa shape index (κ3) is 3.25. The molecule has 13 heavy (non-hydrogen) atoms. The predicted octanol–water partition coefficient (Wildman–Crippen LogP) is 0.219. The van der Waals surface area contributed by atoms with Gasteiger partial charge in [0, 0.05) is 26.2 Å². The topological polar surface area (TPSA) is 32.5 Å². The van der Waals surface area contributed by atoms with Gasteiger partial charge >= 0.3 is 0 Å². The molecule has 0 aromatic carbocycles. The van der Waals surface area contributed by atoms with Crippen LogP contribution in [0.4, 0.5) is 0 Å². The molecule has 0 radical (unpaired) electrons. The molecule has 0 bridgehead atoms. The Morgan fingerprint density at radius 3 is 2.38 bits per heavy atom. The average molecular weight is 185 g/mol. The van der Waals surface area contributed by atoms with Crippen molar-refractivity contribution in [2.75, 3.05) is 45.8 Å². The van der Waals surface area contributed by atoms with Crippen LogP contribution in [0.1, 0.15) is 13.8 Å². The van der Waals surface area contributed by atoms with Crippen LogP contribution in [0.15, 0.2) is 0 Å². The molecule has 0 spiro atoms. The summed E-state index contributed by atoms with van der Waals surface area (Å²) >= 11 is 0. The fraction of sp³-hybridized carbons (Fsp3) is 1.00. The van der Waals surface area contributed by atoms with Crippen LogP contribution in [0.5, 0.6) is 0 Å². The third-order valence-corrected chi connectivity index (χ3v) is 2.99. The minimum atomic E-state index is 0.775. The van der Waals surface area contributed by atoms with Crippen molar-refractivity contribution in [1.29, 1.82) is 0 Å². The smallest absolute Gasteiger partial charge is 0.0110 e. The first kappa shape index (κ1) is 11.0. The predicted molar refractivity (Wildman–Crippen MR) is 56.8 cm³/mol. The van der Waals surface area contributed by atoms with Gasteiger partial charge in [0.25, 0.3) is 0 Å². The van der Waals surface area contributed by atoms with Crippen LogP contribution in [0.2, 0.25) is 0 Å². The van der Waals surface area contributed by atoms with Crippen LogP contribution in [0.3, 0.4) is 0 Å². The van der Waals surface area contributed by atoms with Crippen molar-refractivity contribution in [2.24, 2.45) is 11.7 Å². The molecular weight excluding hydrogens is 162 g/mol. The van der Waals surface area contributed by atoms with E-state index in [-0.39, 0.29) is 0 Å². The van der Waals surface area contributed by atoms with Crippen LogP contribution in [0.25, 0.3) is 0 Å². The first-order chi connectivity index (χ1) is 6.30. The molecule has 2 N–H and O–H groups in total. The van der Waals surface area contributed by atoms with Crippen LogP contribution in [0, 0.1) is 5.92 Å². The zero-order valence-electron chi connectivity index (χ0n) is 9.00. The third-order valence-electron chi connectivity index (χ3n) is 2.99. The van der Waals surface area contributed by atoms with Crippen LogP contribution in [-0.4, -0.2) is 55.6 Å². The Balaban J connectivity index is 2.01. The van der Waals surface area contributed by atoms with Gasteiger partial charge in [-0.05, 0) is 25.6 Å². The Bertz CT molecular complexity index is 128. The van der Waals surface area contributed by atoms with E-state index in [1.807, 2.05) is 0 Å². The number of nitrogens with zero attached hydrogens (tertiary/aromatic N) is 2. The molecule has 0 aromatic rings. The Morgan fingerprint density at radius 1 is 1.31 bits per heavy atom. The number of nitrogens with two attached hydrogens (primary N) is 1. The first-order valence-corrected chi connectivity index (χ1v) is 5.44. The Labute approximate surface area is 81.9 Å². The van der Waals surface area contributed by atoms with E-state index < -0.39 is 0 Å². The molecule has 0 aromatic heterocycles. The summed E-state index contributed by atoms with van der Waals surface area (Å²) in [6, 6.07) is 0. The van der Waals surface area contributed by atoms with Gasteiger partial charge in [0.2, 0.25) is 0 Å². The Morgan fingerprint density at radius 2 is 1.92 bits per heavy atom. The maximum atomic E-state index is 5.57. The second kappa shape index (κ2) is 5.58. The highest BCUT2D eigenvalue weighted by Gasteiger charge is 2.24. The number of hydrogen-bond donors (Lipinski definition) is 1. The van der Waals surface area contributed by atoms with E-state index in [0.29, 0.717) is 0 Å². The Hall–Kier alpha value is -0.120. The summed E-state index contributed by atoms with van der Waals surface area (Å²) in [5, 5.41) is 0. The first-order valence-electron chi connectivity index (χ1n) is 5.44. The van der Waals surface area contributed by atoms with Gasteiger partial charge in [-0.2, -0.15) is 0 Å². The molecule has 0 amide bonds. The maximum absolute atomic E-state index is 5.57. The highest BCUT2D eigenvalue weighted by Crippen LogP contribution is 2.12. The monoisotopic (exact) mass is 185 g/mol. The van der Waals surface area contributed by atoms with Gasteiger partial charge in [-0.15, -0.1) is 0 Å². The molecule has 0 atom stereocenters. The van der Waals surface area contributed by atoms with Gasteiger partial charge in [-0.25, -0.2) is 0 Å². The SMILES string of the molecule is CCN(CC)CCN1CC(CN)C1. The molecule has 3 nitrogen and oxygen atoms in total. The van der Waals surface area contributed by atoms with Crippen LogP contribution < -0.4 is 5.73 Å². The lowest BCUT2D eigenvalue weighted by molar-refractivity contribution is 0.0917. The van der Waals surface area contributed by atoms with Gasteiger partial charge in [-0.3, -0.25) is 0 Å². The number of rotatable bonds is 6. The van der Waals surface area contributed by atoms with Crippen molar-refractivity contribution >= 4 is 0 Å². The maximum Gasteiger partial charge on any atom is 0.0110 e. The van der Waals surface area contributed by atoms with Crippen molar-refractivity contribution in [3.05, 3.63) is 0 Å². The lowest BCUT2D eigenvalue weighted by Crippen LogP contribution is -2.51. The molecule has 1 aliphatic rings. The normalized spacial score (nSPS) is 19.4. The van der Waals surface area contributed by atoms with Crippen LogP contribution >= 0.6 is 0 Å². The second-order valence-electron chi connectivity index (χ2n) is 3.89. The summed E-state index contributed by atoms with van der Waals surface area (Å²) in [7, 11) is 0. The molecule has 1 fully saturated rings. The van der Waals surface area contributed by atoms with Gasteiger partial charge in [0.1, 0.15) is 0 Å². The second-order valence-corrected chi connectivity index (χ2v) is 3.89. The lowest BCUT2D eigenvalue weighted by Gasteiger charge is -2.39. The molecule has 1 aliphatic heterocycles. The molecule has 1 rings (SSSR count). The lowest BCUT2D eigenvalue weighted by atomic mass is 10.0. The molecule has 78 valence electrons. The molecule has 0 saturated carbocycles. The largest absolute Gasteiger partial charge is 0.330 e. The van der Waals surface area contributed by atoms with E-state index in [1.165, 1.54) is 39.3 Å². The standard InChI is InChI=1S/C10H23N3/c1-3-12(4-2)5-6-13-8-10(7-11)9-13/h10H,3-9,11H2,1-2H3. The summed E-state index contributed by atoms with van der Waals surface area (Å²) < 4.78 is 0. The minimum absolute atomic E-state index is 0.775. The summed E-state index contributed by atoms with van der Waals surface area (Å²) in [6.45, 7) is 12.5. The summed E-state index contributed by atoms with van der Waals surface area (Å²) in [6.07, 6.45) is 0.